The Hall–Kier alpha value is -2.51. The molecule has 26 heavy (non-hydrogen) atoms. The Kier molecular flexibility index (Phi) is 5.49. The van der Waals surface area contributed by atoms with Gasteiger partial charge in [-0.15, -0.1) is 0 Å². The number of urea groups is 1. The molecule has 1 aliphatic heterocycles. The Morgan fingerprint density at radius 1 is 1.15 bits per heavy atom. The van der Waals surface area contributed by atoms with E-state index in [9.17, 15) is 9.59 Å². The van der Waals surface area contributed by atoms with Gasteiger partial charge in [0.1, 0.15) is 12.3 Å². The van der Waals surface area contributed by atoms with Gasteiger partial charge in [-0.1, -0.05) is 39.7 Å². The molecule has 8 heteroatoms. The van der Waals surface area contributed by atoms with E-state index in [0.717, 1.165) is 10.0 Å². The first-order chi connectivity index (χ1) is 12.5. The van der Waals surface area contributed by atoms with Crippen molar-refractivity contribution in [2.24, 2.45) is 0 Å². The molecular formula is C18H14BrClN2O4. The van der Waals surface area contributed by atoms with Crippen LogP contribution in [0.5, 0.6) is 11.5 Å². The van der Waals surface area contributed by atoms with Crippen molar-refractivity contribution in [2.75, 3.05) is 7.11 Å². The van der Waals surface area contributed by atoms with Gasteiger partial charge in [-0.2, -0.15) is 0 Å². The smallest absolute Gasteiger partial charge is 0.326 e. The second-order valence-electron chi connectivity index (χ2n) is 5.42. The van der Waals surface area contributed by atoms with Crippen LogP contribution >= 0.6 is 27.5 Å². The van der Waals surface area contributed by atoms with E-state index in [0.29, 0.717) is 28.7 Å². The highest BCUT2D eigenvalue weighted by atomic mass is 79.9. The van der Waals surface area contributed by atoms with Crippen LogP contribution in [0.1, 0.15) is 11.1 Å². The minimum atomic E-state index is -0.561. The molecule has 0 aliphatic carbocycles. The molecule has 1 saturated heterocycles. The van der Waals surface area contributed by atoms with Crippen LogP contribution in [0.25, 0.3) is 6.08 Å². The molecule has 134 valence electrons. The van der Waals surface area contributed by atoms with Crippen molar-refractivity contribution in [1.29, 1.82) is 0 Å². The maximum Gasteiger partial charge on any atom is 0.326 e. The maximum atomic E-state index is 11.6. The van der Waals surface area contributed by atoms with Gasteiger partial charge >= 0.3 is 6.03 Å². The quantitative estimate of drug-likeness (QED) is 0.550. The van der Waals surface area contributed by atoms with Crippen molar-refractivity contribution >= 4 is 45.5 Å². The SMILES string of the molecule is COc1cc(/C=C2/NC(=O)NC2=O)cc(Cl)c1OCc1ccc(Br)cc1. The summed E-state index contributed by atoms with van der Waals surface area (Å²) in [6.07, 6.45) is 1.51. The first-order valence-electron chi connectivity index (χ1n) is 7.55. The third-order valence-electron chi connectivity index (χ3n) is 3.58. The summed E-state index contributed by atoms with van der Waals surface area (Å²) in [6, 6.07) is 10.5. The third kappa shape index (κ3) is 4.17. The van der Waals surface area contributed by atoms with Crippen LogP contribution in [0.4, 0.5) is 4.79 Å². The highest BCUT2D eigenvalue weighted by Crippen LogP contribution is 2.37. The number of nitrogens with one attached hydrogen (secondary N) is 2. The second kappa shape index (κ2) is 7.80. The number of hydrogen-bond donors (Lipinski definition) is 2. The summed E-state index contributed by atoms with van der Waals surface area (Å²) in [5, 5.41) is 4.88. The zero-order chi connectivity index (χ0) is 18.7. The topological polar surface area (TPSA) is 76.7 Å². The molecule has 0 unspecified atom stereocenters. The molecule has 0 spiro atoms. The lowest BCUT2D eigenvalue weighted by atomic mass is 10.1. The van der Waals surface area contributed by atoms with E-state index >= 15 is 0 Å². The van der Waals surface area contributed by atoms with Crippen LogP contribution in [-0.4, -0.2) is 19.0 Å². The molecule has 2 aromatic carbocycles. The van der Waals surface area contributed by atoms with Gasteiger partial charge < -0.3 is 14.8 Å². The lowest BCUT2D eigenvalue weighted by Gasteiger charge is -2.13. The van der Waals surface area contributed by atoms with E-state index in [1.54, 1.807) is 12.1 Å². The Bertz CT molecular complexity index is 897. The molecule has 0 bridgehead atoms. The van der Waals surface area contributed by atoms with Gasteiger partial charge in [0.2, 0.25) is 0 Å². The Balaban J connectivity index is 1.83. The molecule has 3 rings (SSSR count). The van der Waals surface area contributed by atoms with Crippen LogP contribution in [0.2, 0.25) is 5.02 Å². The lowest BCUT2D eigenvalue weighted by Crippen LogP contribution is -2.22. The van der Waals surface area contributed by atoms with Crippen molar-refractivity contribution in [1.82, 2.24) is 10.6 Å². The van der Waals surface area contributed by atoms with Gasteiger partial charge in [0.05, 0.1) is 12.1 Å². The molecule has 2 aromatic rings. The summed E-state index contributed by atoms with van der Waals surface area (Å²) in [5.74, 6) is 0.325. The standard InChI is InChI=1S/C18H14BrClN2O4/c1-25-15-8-11(7-14-17(23)22-18(24)21-14)6-13(20)16(15)26-9-10-2-4-12(19)5-3-10/h2-8H,9H2,1H3,(H2,21,22,23,24)/b14-7+. The first kappa shape index (κ1) is 18.3. The summed E-state index contributed by atoms with van der Waals surface area (Å²) in [7, 11) is 1.50. The molecule has 0 radical (unpaired) electrons. The lowest BCUT2D eigenvalue weighted by molar-refractivity contribution is -0.115. The van der Waals surface area contributed by atoms with Crippen LogP contribution in [0.15, 0.2) is 46.6 Å². The third-order valence-corrected chi connectivity index (χ3v) is 4.39. The fraction of sp³-hybridized carbons (Fsp3) is 0.111. The minimum Gasteiger partial charge on any atom is -0.493 e. The van der Waals surface area contributed by atoms with E-state index in [4.69, 9.17) is 21.1 Å². The monoisotopic (exact) mass is 436 g/mol. The van der Waals surface area contributed by atoms with Crippen LogP contribution in [-0.2, 0) is 11.4 Å². The normalized spacial score (nSPS) is 15.0. The summed E-state index contributed by atoms with van der Waals surface area (Å²) < 4.78 is 12.1. The number of ether oxygens (including phenoxy) is 2. The van der Waals surface area contributed by atoms with E-state index in [1.807, 2.05) is 24.3 Å². The number of imide groups is 1. The van der Waals surface area contributed by atoms with Gasteiger partial charge in [0, 0.05) is 4.47 Å². The fourth-order valence-electron chi connectivity index (χ4n) is 2.35. The fourth-order valence-corrected chi connectivity index (χ4v) is 2.89. The molecule has 0 aromatic heterocycles. The maximum absolute atomic E-state index is 11.6. The molecule has 1 aliphatic rings. The van der Waals surface area contributed by atoms with Gasteiger partial charge in [-0.05, 0) is 41.5 Å². The molecule has 3 amide bonds. The van der Waals surface area contributed by atoms with Crippen molar-refractivity contribution in [2.45, 2.75) is 6.61 Å². The second-order valence-corrected chi connectivity index (χ2v) is 6.74. The zero-order valence-corrected chi connectivity index (χ0v) is 16.0. The van der Waals surface area contributed by atoms with E-state index in [-0.39, 0.29) is 5.70 Å². The molecular weight excluding hydrogens is 424 g/mol. The van der Waals surface area contributed by atoms with Crippen LogP contribution in [0.3, 0.4) is 0 Å². The van der Waals surface area contributed by atoms with Crippen molar-refractivity contribution in [3.63, 3.8) is 0 Å². The predicted octanol–water partition coefficient (Wildman–Crippen LogP) is 3.87. The molecule has 1 fully saturated rings. The highest BCUT2D eigenvalue weighted by Gasteiger charge is 2.23. The Labute approximate surface area is 163 Å². The number of amides is 3. The number of carbonyl (C=O) groups is 2. The van der Waals surface area contributed by atoms with Crippen LogP contribution < -0.4 is 20.1 Å². The van der Waals surface area contributed by atoms with E-state index in [1.165, 1.54) is 13.2 Å². The number of halogens is 2. The van der Waals surface area contributed by atoms with Crippen molar-refractivity contribution in [3.8, 4) is 11.5 Å². The largest absolute Gasteiger partial charge is 0.493 e. The van der Waals surface area contributed by atoms with Crippen molar-refractivity contribution in [3.05, 3.63) is 62.7 Å². The van der Waals surface area contributed by atoms with Gasteiger partial charge in [-0.3, -0.25) is 10.1 Å². The van der Waals surface area contributed by atoms with Crippen molar-refractivity contribution < 1.29 is 19.1 Å². The number of hydrogen-bond acceptors (Lipinski definition) is 4. The van der Waals surface area contributed by atoms with Gasteiger partial charge in [0.25, 0.3) is 5.91 Å². The average Bonchev–Trinajstić information content (AvgIpc) is 2.92. The number of methoxy groups -OCH3 is 1. The number of benzene rings is 2. The minimum absolute atomic E-state index is 0.136. The summed E-state index contributed by atoms with van der Waals surface area (Å²) >= 11 is 9.71. The molecule has 0 atom stereocenters. The van der Waals surface area contributed by atoms with Gasteiger partial charge in [0.15, 0.2) is 11.5 Å². The summed E-state index contributed by atoms with van der Waals surface area (Å²) in [6.45, 7) is 0.322. The average molecular weight is 438 g/mol. The highest BCUT2D eigenvalue weighted by molar-refractivity contribution is 9.10. The Morgan fingerprint density at radius 2 is 1.88 bits per heavy atom. The molecule has 6 nitrogen and oxygen atoms in total. The van der Waals surface area contributed by atoms with E-state index in [2.05, 4.69) is 26.6 Å². The van der Waals surface area contributed by atoms with Gasteiger partial charge in [-0.25, -0.2) is 4.79 Å². The zero-order valence-electron chi connectivity index (χ0n) is 13.6. The first-order valence-corrected chi connectivity index (χ1v) is 8.72. The predicted molar refractivity (Wildman–Crippen MR) is 101 cm³/mol. The number of rotatable bonds is 5. The summed E-state index contributed by atoms with van der Waals surface area (Å²) in [4.78, 5) is 22.8. The Morgan fingerprint density at radius 3 is 2.50 bits per heavy atom. The molecule has 0 saturated carbocycles. The van der Waals surface area contributed by atoms with Crippen LogP contribution in [0, 0.1) is 0 Å². The number of carbonyl (C=O) groups excluding carboxylic acids is 2. The molecule has 2 N–H and O–H groups in total. The summed E-state index contributed by atoms with van der Waals surface area (Å²) in [5.41, 5.74) is 1.70. The molecule has 1 heterocycles. The van der Waals surface area contributed by atoms with E-state index < -0.39 is 11.9 Å².